The number of nitrogens with zero attached hydrogens (tertiary/aromatic N) is 1. The summed E-state index contributed by atoms with van der Waals surface area (Å²) in [6.07, 6.45) is 3.27. The molecule has 1 rings (SSSR count). The van der Waals surface area contributed by atoms with Gasteiger partial charge in [0.25, 0.3) is 0 Å². The molecule has 0 spiro atoms. The van der Waals surface area contributed by atoms with Crippen molar-refractivity contribution in [2.24, 2.45) is 0 Å². The highest BCUT2D eigenvalue weighted by Gasteiger charge is 2.07. The van der Waals surface area contributed by atoms with Crippen LogP contribution < -0.4 is 0 Å². The molecule has 0 bridgehead atoms. The Labute approximate surface area is 88.7 Å². The largest absolute Gasteiger partial charge is 0.478 e. The molecule has 70 valence electrons. The maximum absolute atomic E-state index is 10.6. The molecule has 13 heavy (non-hydrogen) atoms. The van der Waals surface area contributed by atoms with Gasteiger partial charge in [-0.1, -0.05) is 17.7 Å². The summed E-state index contributed by atoms with van der Waals surface area (Å²) in [5.74, 6) is -0.936. The van der Waals surface area contributed by atoms with E-state index in [0.717, 1.165) is 4.60 Å². The minimum Gasteiger partial charge on any atom is -0.478 e. The van der Waals surface area contributed by atoms with Gasteiger partial charge in [-0.25, -0.2) is 4.79 Å². The quantitative estimate of drug-likeness (QED) is 0.912. The predicted octanol–water partition coefficient (Wildman–Crippen LogP) is 2.70. The van der Waals surface area contributed by atoms with Gasteiger partial charge < -0.3 is 9.67 Å². The number of hydrogen-bond acceptors (Lipinski definition) is 1. The summed E-state index contributed by atoms with van der Waals surface area (Å²) in [4.78, 5) is 10.6. The van der Waals surface area contributed by atoms with E-state index < -0.39 is 5.97 Å². The lowest BCUT2D eigenvalue weighted by atomic mass is 10.4. The molecule has 0 fully saturated rings. The zero-order chi connectivity index (χ0) is 9.84. The van der Waals surface area contributed by atoms with Gasteiger partial charge in [0.15, 0.2) is 0 Å². The van der Waals surface area contributed by atoms with Crippen molar-refractivity contribution < 1.29 is 9.90 Å². The lowest BCUT2D eigenvalue weighted by Crippen LogP contribution is -1.95. The molecule has 1 aromatic heterocycles. The average Bonchev–Trinajstić information content (AvgIpc) is 2.44. The molecule has 0 saturated carbocycles. The summed E-state index contributed by atoms with van der Waals surface area (Å²) < 4.78 is 2.46. The molecule has 0 aromatic carbocycles. The second-order valence-corrected chi connectivity index (χ2v) is 3.44. The van der Waals surface area contributed by atoms with E-state index in [2.05, 4.69) is 15.9 Å². The number of hydrogen-bond donors (Lipinski definition) is 1. The van der Waals surface area contributed by atoms with Crippen LogP contribution in [0.3, 0.4) is 0 Å². The van der Waals surface area contributed by atoms with Crippen LogP contribution in [0.15, 0.2) is 28.5 Å². The molecular weight excluding hydrogens is 257 g/mol. The molecule has 1 aromatic rings. The van der Waals surface area contributed by atoms with E-state index in [4.69, 9.17) is 16.7 Å². The van der Waals surface area contributed by atoms with E-state index in [1.165, 1.54) is 5.54 Å². The van der Waals surface area contributed by atoms with Crippen molar-refractivity contribution in [1.82, 2.24) is 4.57 Å². The molecule has 3 nitrogen and oxygen atoms in total. The summed E-state index contributed by atoms with van der Waals surface area (Å²) in [7, 11) is 0. The Morgan fingerprint density at radius 1 is 1.77 bits per heavy atom. The van der Waals surface area contributed by atoms with Gasteiger partial charge in [-0.15, -0.1) is 0 Å². The Kier molecular flexibility index (Phi) is 3.57. The lowest BCUT2D eigenvalue weighted by Gasteiger charge is -1.97. The van der Waals surface area contributed by atoms with Gasteiger partial charge in [-0.05, 0) is 22.0 Å². The van der Waals surface area contributed by atoms with Crippen LogP contribution in [-0.4, -0.2) is 15.6 Å². The molecule has 0 amide bonds. The molecule has 0 saturated heterocycles. The topological polar surface area (TPSA) is 42.2 Å². The van der Waals surface area contributed by atoms with Crippen molar-refractivity contribution in [2.45, 2.75) is 6.54 Å². The van der Waals surface area contributed by atoms with Crippen LogP contribution in [-0.2, 0) is 6.54 Å². The minimum absolute atomic E-state index is 0.259. The summed E-state index contributed by atoms with van der Waals surface area (Å²) in [5, 5.41) is 8.67. The number of carbonyl (C=O) groups is 1. The molecule has 1 heterocycles. The number of allylic oxidation sites excluding steroid dienone is 1. The number of carboxylic acids is 1. The second-order valence-electron chi connectivity index (χ2n) is 2.37. The third-order valence-electron chi connectivity index (χ3n) is 1.48. The Balaban J connectivity index is 2.89. The van der Waals surface area contributed by atoms with E-state index in [9.17, 15) is 4.79 Å². The first-order valence-corrected chi connectivity index (χ1v) is 4.72. The third-order valence-corrected chi connectivity index (χ3v) is 2.34. The van der Waals surface area contributed by atoms with E-state index >= 15 is 0 Å². The molecule has 0 unspecified atom stereocenters. The van der Waals surface area contributed by atoms with Gasteiger partial charge in [-0.2, -0.15) is 0 Å². The summed E-state index contributed by atoms with van der Waals surface area (Å²) in [6.45, 7) is 0.553. The fourth-order valence-corrected chi connectivity index (χ4v) is 1.46. The van der Waals surface area contributed by atoms with Gasteiger partial charge in [0.1, 0.15) is 0 Å². The van der Waals surface area contributed by atoms with Gasteiger partial charge >= 0.3 is 5.97 Å². The molecule has 0 aliphatic rings. The second kappa shape index (κ2) is 4.48. The number of aromatic nitrogens is 1. The van der Waals surface area contributed by atoms with Crippen LogP contribution in [0.25, 0.3) is 0 Å². The van der Waals surface area contributed by atoms with E-state index in [1.54, 1.807) is 22.9 Å². The van der Waals surface area contributed by atoms with Crippen molar-refractivity contribution in [3.63, 3.8) is 0 Å². The summed E-state index contributed by atoms with van der Waals surface area (Å²) in [5.41, 5.74) is 1.65. The van der Waals surface area contributed by atoms with E-state index in [1.807, 2.05) is 0 Å². The van der Waals surface area contributed by atoms with Crippen LogP contribution in [0, 0.1) is 0 Å². The maximum Gasteiger partial charge on any atom is 0.337 e. The van der Waals surface area contributed by atoms with Gasteiger partial charge in [-0.3, -0.25) is 0 Å². The number of aromatic carboxylic acids is 1. The normalized spacial score (nSPS) is 10.9. The fraction of sp³-hybridized carbons (Fsp3) is 0.125. The van der Waals surface area contributed by atoms with Gasteiger partial charge in [0.05, 0.1) is 10.2 Å². The highest BCUT2D eigenvalue weighted by molar-refractivity contribution is 9.10. The van der Waals surface area contributed by atoms with E-state index in [-0.39, 0.29) is 5.56 Å². The van der Waals surface area contributed by atoms with Crippen LogP contribution in [0.1, 0.15) is 10.4 Å². The van der Waals surface area contributed by atoms with Crippen molar-refractivity contribution in [3.8, 4) is 0 Å². The smallest absolute Gasteiger partial charge is 0.337 e. The summed E-state index contributed by atoms with van der Waals surface area (Å²) >= 11 is 8.59. The van der Waals surface area contributed by atoms with E-state index in [0.29, 0.717) is 6.54 Å². The fourth-order valence-electron chi connectivity index (χ4n) is 0.888. The van der Waals surface area contributed by atoms with Crippen molar-refractivity contribution in [3.05, 3.63) is 34.0 Å². The van der Waals surface area contributed by atoms with Crippen LogP contribution in [0.2, 0.25) is 0 Å². The number of rotatable bonds is 3. The molecule has 1 N–H and O–H groups in total. The Hall–Kier alpha value is -0.740. The maximum atomic E-state index is 10.6. The predicted molar refractivity (Wildman–Crippen MR) is 54.1 cm³/mol. The molecule has 0 aliphatic heterocycles. The zero-order valence-corrected chi connectivity index (χ0v) is 8.92. The summed E-state index contributed by atoms with van der Waals surface area (Å²) in [6, 6.07) is 1.55. The zero-order valence-electron chi connectivity index (χ0n) is 6.58. The first kappa shape index (κ1) is 10.3. The first-order chi connectivity index (χ1) is 6.15. The highest BCUT2D eigenvalue weighted by atomic mass is 79.9. The Bertz CT molecular complexity index is 346. The molecule has 5 heteroatoms. The molecular formula is C8H7BrClNO2. The van der Waals surface area contributed by atoms with Crippen LogP contribution in [0.4, 0.5) is 0 Å². The standard InChI is InChI=1S/C8H7BrClNO2/c9-7-4-6(8(12)13)5-11(7)3-1-2-10/h1-2,4-5H,3H2,(H,12,13). The average molecular weight is 265 g/mol. The van der Waals surface area contributed by atoms with Crippen LogP contribution in [0.5, 0.6) is 0 Å². The third kappa shape index (κ3) is 2.60. The molecule has 0 radical (unpaired) electrons. The van der Waals surface area contributed by atoms with Crippen molar-refractivity contribution in [2.75, 3.05) is 0 Å². The Morgan fingerprint density at radius 2 is 2.46 bits per heavy atom. The SMILES string of the molecule is O=C(O)c1cc(Br)n(CC=CCl)c1. The Morgan fingerprint density at radius 3 is 2.92 bits per heavy atom. The minimum atomic E-state index is -0.936. The van der Waals surface area contributed by atoms with Crippen molar-refractivity contribution >= 4 is 33.5 Å². The van der Waals surface area contributed by atoms with Crippen LogP contribution >= 0.6 is 27.5 Å². The first-order valence-electron chi connectivity index (χ1n) is 3.49. The van der Waals surface area contributed by atoms with Gasteiger partial charge in [0.2, 0.25) is 0 Å². The monoisotopic (exact) mass is 263 g/mol. The van der Waals surface area contributed by atoms with Crippen molar-refractivity contribution in [1.29, 1.82) is 0 Å². The molecule has 0 aliphatic carbocycles. The van der Waals surface area contributed by atoms with Gasteiger partial charge in [0, 0.05) is 18.3 Å². The molecule has 0 atom stereocenters. The lowest BCUT2D eigenvalue weighted by molar-refractivity contribution is 0.0697. The number of halogens is 2. The number of carboxylic acid groups (broad SMARTS) is 1. The highest BCUT2D eigenvalue weighted by Crippen LogP contribution is 2.15.